The first-order valence-electron chi connectivity index (χ1n) is 6.56. The fourth-order valence-corrected chi connectivity index (χ4v) is 2.82. The van der Waals surface area contributed by atoms with Gasteiger partial charge in [-0.1, -0.05) is 34.6 Å². The second kappa shape index (κ2) is 3.84. The second-order valence-corrected chi connectivity index (χ2v) is 6.36. The average molecular weight is 235 g/mol. The number of hydrogen-bond donors (Lipinski definition) is 1. The minimum Gasteiger partial charge on any atom is -0.307 e. The van der Waals surface area contributed by atoms with E-state index >= 15 is 0 Å². The summed E-state index contributed by atoms with van der Waals surface area (Å²) in [6, 6.07) is 2.81. The number of aryl methyl sites for hydroxylation is 2. The Morgan fingerprint density at radius 1 is 1.29 bits per heavy atom. The van der Waals surface area contributed by atoms with Gasteiger partial charge in [-0.2, -0.15) is 5.10 Å². The molecule has 0 saturated heterocycles. The van der Waals surface area contributed by atoms with Crippen LogP contribution in [0.15, 0.2) is 6.07 Å². The first-order chi connectivity index (χ1) is 7.80. The SMILES string of the molecule is CCc1cc(CNC2C(C)(C)C2(C)C)n(C)n1. The first-order valence-corrected chi connectivity index (χ1v) is 6.56. The van der Waals surface area contributed by atoms with Crippen LogP contribution >= 0.6 is 0 Å². The van der Waals surface area contributed by atoms with Crippen LogP contribution in [0.4, 0.5) is 0 Å². The van der Waals surface area contributed by atoms with Gasteiger partial charge in [-0.25, -0.2) is 0 Å². The molecule has 1 fully saturated rings. The third-order valence-corrected chi connectivity index (χ3v) is 4.90. The second-order valence-electron chi connectivity index (χ2n) is 6.36. The lowest BCUT2D eigenvalue weighted by molar-refractivity contribution is 0.457. The third-order valence-electron chi connectivity index (χ3n) is 4.90. The summed E-state index contributed by atoms with van der Waals surface area (Å²) < 4.78 is 1.99. The van der Waals surface area contributed by atoms with Gasteiger partial charge in [-0.3, -0.25) is 4.68 Å². The fourth-order valence-electron chi connectivity index (χ4n) is 2.82. The van der Waals surface area contributed by atoms with E-state index in [1.165, 1.54) is 11.4 Å². The summed E-state index contributed by atoms with van der Waals surface area (Å²) in [7, 11) is 2.03. The van der Waals surface area contributed by atoms with Crippen LogP contribution in [0.1, 0.15) is 46.0 Å². The van der Waals surface area contributed by atoms with Crippen molar-refractivity contribution in [1.29, 1.82) is 0 Å². The lowest BCUT2D eigenvalue weighted by atomic mass is 10.0. The molecule has 3 heteroatoms. The Morgan fingerprint density at radius 2 is 1.88 bits per heavy atom. The molecular formula is C14H25N3. The van der Waals surface area contributed by atoms with Gasteiger partial charge in [0.2, 0.25) is 0 Å². The van der Waals surface area contributed by atoms with Gasteiger partial charge >= 0.3 is 0 Å². The summed E-state index contributed by atoms with van der Waals surface area (Å²) in [5, 5.41) is 8.15. The van der Waals surface area contributed by atoms with Gasteiger partial charge < -0.3 is 5.32 Å². The number of rotatable bonds is 4. The van der Waals surface area contributed by atoms with Crippen molar-refractivity contribution in [2.24, 2.45) is 17.9 Å². The van der Waals surface area contributed by atoms with Gasteiger partial charge in [0.15, 0.2) is 0 Å². The summed E-state index contributed by atoms with van der Waals surface area (Å²) in [6.45, 7) is 12.4. The standard InChI is InChI=1S/C14H25N3/c1-7-10-8-11(17(6)16-10)9-15-12-13(2,3)14(12,4)5/h8,12,15H,7,9H2,1-6H3. The van der Waals surface area contributed by atoms with Crippen LogP contribution in [-0.2, 0) is 20.0 Å². The lowest BCUT2D eigenvalue weighted by Crippen LogP contribution is -2.23. The van der Waals surface area contributed by atoms with Crippen molar-refractivity contribution in [1.82, 2.24) is 15.1 Å². The van der Waals surface area contributed by atoms with Crippen LogP contribution in [0.3, 0.4) is 0 Å². The molecule has 1 aromatic heterocycles. The largest absolute Gasteiger partial charge is 0.307 e. The summed E-state index contributed by atoms with van der Waals surface area (Å²) in [5.74, 6) is 0. The molecule has 1 saturated carbocycles. The number of nitrogens with one attached hydrogen (secondary N) is 1. The monoisotopic (exact) mass is 235 g/mol. The van der Waals surface area contributed by atoms with Gasteiger partial charge in [-0.15, -0.1) is 0 Å². The van der Waals surface area contributed by atoms with Crippen molar-refractivity contribution < 1.29 is 0 Å². The zero-order valence-electron chi connectivity index (χ0n) is 12.0. The van der Waals surface area contributed by atoms with Crippen molar-refractivity contribution in [3.05, 3.63) is 17.5 Å². The molecule has 2 rings (SSSR count). The molecule has 0 aliphatic heterocycles. The quantitative estimate of drug-likeness (QED) is 0.869. The van der Waals surface area contributed by atoms with Gasteiger partial charge in [0.25, 0.3) is 0 Å². The summed E-state index contributed by atoms with van der Waals surface area (Å²) in [6.07, 6.45) is 1.01. The molecule has 1 N–H and O–H groups in total. The molecule has 1 aliphatic carbocycles. The lowest BCUT2D eigenvalue weighted by Gasteiger charge is -2.06. The van der Waals surface area contributed by atoms with Crippen molar-refractivity contribution in [3.63, 3.8) is 0 Å². The van der Waals surface area contributed by atoms with Gasteiger partial charge in [0, 0.05) is 19.6 Å². The molecule has 0 spiro atoms. The van der Waals surface area contributed by atoms with Crippen LogP contribution in [0, 0.1) is 10.8 Å². The Hall–Kier alpha value is -0.830. The van der Waals surface area contributed by atoms with E-state index in [1.807, 2.05) is 11.7 Å². The third kappa shape index (κ3) is 1.90. The maximum Gasteiger partial charge on any atom is 0.0625 e. The molecule has 96 valence electrons. The fraction of sp³-hybridized carbons (Fsp3) is 0.786. The average Bonchev–Trinajstić information content (AvgIpc) is 2.56. The molecule has 17 heavy (non-hydrogen) atoms. The highest BCUT2D eigenvalue weighted by molar-refractivity contribution is 5.19. The van der Waals surface area contributed by atoms with E-state index in [0.717, 1.165) is 13.0 Å². The molecule has 0 bridgehead atoms. The summed E-state index contributed by atoms with van der Waals surface area (Å²) >= 11 is 0. The molecular weight excluding hydrogens is 210 g/mol. The van der Waals surface area contributed by atoms with Crippen LogP contribution in [0.2, 0.25) is 0 Å². The number of aromatic nitrogens is 2. The van der Waals surface area contributed by atoms with Crippen molar-refractivity contribution in [2.45, 2.75) is 53.6 Å². The Morgan fingerprint density at radius 3 is 2.29 bits per heavy atom. The van der Waals surface area contributed by atoms with Crippen LogP contribution in [0.25, 0.3) is 0 Å². The zero-order chi connectivity index (χ0) is 12.8. The van der Waals surface area contributed by atoms with Gasteiger partial charge in [-0.05, 0) is 23.3 Å². The zero-order valence-corrected chi connectivity index (χ0v) is 12.0. The Labute approximate surface area is 105 Å². The molecule has 0 amide bonds. The van der Waals surface area contributed by atoms with Crippen molar-refractivity contribution in [2.75, 3.05) is 0 Å². The van der Waals surface area contributed by atoms with Gasteiger partial charge in [0.1, 0.15) is 0 Å². The predicted octanol–water partition coefficient (Wildman–Crippen LogP) is 2.51. The molecule has 1 heterocycles. The maximum absolute atomic E-state index is 4.48. The number of nitrogens with zero attached hydrogens (tertiary/aromatic N) is 2. The highest BCUT2D eigenvalue weighted by atomic mass is 15.3. The Balaban J connectivity index is 1.98. The molecule has 1 aliphatic rings. The van der Waals surface area contributed by atoms with E-state index in [1.54, 1.807) is 0 Å². The Kier molecular flexibility index (Phi) is 2.85. The first kappa shape index (κ1) is 12.6. The van der Waals surface area contributed by atoms with Crippen LogP contribution in [-0.4, -0.2) is 15.8 Å². The molecule has 0 radical (unpaired) electrons. The van der Waals surface area contributed by atoms with E-state index in [-0.39, 0.29) is 0 Å². The van der Waals surface area contributed by atoms with E-state index in [0.29, 0.717) is 16.9 Å². The smallest absolute Gasteiger partial charge is 0.0625 e. The minimum atomic E-state index is 0.402. The highest BCUT2D eigenvalue weighted by Crippen LogP contribution is 2.62. The van der Waals surface area contributed by atoms with Crippen LogP contribution < -0.4 is 5.32 Å². The van der Waals surface area contributed by atoms with Crippen LogP contribution in [0.5, 0.6) is 0 Å². The van der Waals surface area contributed by atoms with Crippen molar-refractivity contribution in [3.8, 4) is 0 Å². The van der Waals surface area contributed by atoms with Gasteiger partial charge in [0.05, 0.1) is 11.4 Å². The minimum absolute atomic E-state index is 0.402. The topological polar surface area (TPSA) is 29.9 Å². The predicted molar refractivity (Wildman–Crippen MR) is 70.8 cm³/mol. The molecule has 0 aromatic carbocycles. The molecule has 0 unspecified atom stereocenters. The molecule has 3 nitrogen and oxygen atoms in total. The normalized spacial score (nSPS) is 21.8. The van der Waals surface area contributed by atoms with E-state index in [2.05, 4.69) is 51.1 Å². The summed E-state index contributed by atoms with van der Waals surface area (Å²) in [5.41, 5.74) is 3.26. The van der Waals surface area contributed by atoms with E-state index in [9.17, 15) is 0 Å². The maximum atomic E-state index is 4.48. The van der Waals surface area contributed by atoms with Crippen molar-refractivity contribution >= 4 is 0 Å². The number of hydrogen-bond acceptors (Lipinski definition) is 2. The van der Waals surface area contributed by atoms with E-state index in [4.69, 9.17) is 0 Å². The highest BCUT2D eigenvalue weighted by Gasteiger charge is 2.64. The molecule has 0 atom stereocenters. The summed E-state index contributed by atoms with van der Waals surface area (Å²) in [4.78, 5) is 0. The molecule has 1 aromatic rings. The van der Waals surface area contributed by atoms with E-state index < -0.39 is 0 Å². The Bertz CT molecular complexity index is 401.